The molecule has 13 aromatic carbocycles. The van der Waals surface area contributed by atoms with Gasteiger partial charge in [0.25, 0.3) is 0 Å². The zero-order valence-electron chi connectivity index (χ0n) is 43.4. The molecule has 0 bridgehead atoms. The van der Waals surface area contributed by atoms with Gasteiger partial charge in [0.15, 0.2) is 0 Å². The van der Waals surface area contributed by atoms with Gasteiger partial charge in [-0.05, 0) is 132 Å². The maximum Gasteiger partial charge on any atom is 0.0713 e. The van der Waals surface area contributed by atoms with Crippen molar-refractivity contribution in [2.24, 2.45) is 0 Å². The summed E-state index contributed by atoms with van der Waals surface area (Å²) in [5, 5.41) is 4.87. The van der Waals surface area contributed by atoms with E-state index in [1.165, 1.54) is 88.2 Å². The zero-order valence-corrected chi connectivity index (χ0v) is 43.4. The number of anilines is 3. The van der Waals surface area contributed by atoms with Crippen LogP contribution in [0.25, 0.3) is 93.9 Å². The number of hydrogen-bond acceptors (Lipinski definition) is 1. The molecule has 2 heteroatoms. The standard InChI is InChI=1S/C77H52N2/c1-5-24-53(25-6-1)62-38-21-26-55-27-22-40-66(75(55)62)64-35-15-19-44-72(64)79(71-43-18-14-34-61(71)56-48-51-74-68(52-56)65-36-16-20-45-73(65)78(74)59-32-11-4-12-33-59)60-49-46-54(47-50-60)63-39-23-42-70-76(63)67-37-13-17-41-69(67)77(70,57-28-7-2-8-29-57)58-30-9-3-10-31-58/h1-52H. The van der Waals surface area contributed by atoms with Gasteiger partial charge in [0, 0.05) is 33.3 Å². The van der Waals surface area contributed by atoms with Crippen LogP contribution in [-0.4, -0.2) is 4.57 Å². The number of rotatable bonds is 10. The van der Waals surface area contributed by atoms with Crippen LogP contribution in [0.5, 0.6) is 0 Å². The highest BCUT2D eigenvalue weighted by atomic mass is 15.1. The van der Waals surface area contributed by atoms with Crippen molar-refractivity contribution in [2.45, 2.75) is 5.41 Å². The third kappa shape index (κ3) is 7.41. The van der Waals surface area contributed by atoms with Crippen molar-refractivity contribution in [3.05, 3.63) is 338 Å². The van der Waals surface area contributed by atoms with Gasteiger partial charge in [0.05, 0.1) is 27.8 Å². The Balaban J connectivity index is 0.941. The molecule has 0 unspecified atom stereocenters. The number of fused-ring (bicyclic) bond motifs is 7. The third-order valence-electron chi connectivity index (χ3n) is 16.5. The monoisotopic (exact) mass is 1000 g/mol. The van der Waals surface area contributed by atoms with E-state index in [0.717, 1.165) is 45.0 Å². The molecule has 0 saturated heterocycles. The van der Waals surface area contributed by atoms with E-state index >= 15 is 0 Å². The first-order valence-electron chi connectivity index (χ1n) is 27.3. The van der Waals surface area contributed by atoms with Gasteiger partial charge in [-0.15, -0.1) is 0 Å². The summed E-state index contributed by atoms with van der Waals surface area (Å²) in [6.07, 6.45) is 0. The zero-order chi connectivity index (χ0) is 52.3. The number of aromatic nitrogens is 1. The Kier molecular flexibility index (Phi) is 11.1. The molecule has 1 aliphatic rings. The van der Waals surface area contributed by atoms with Crippen molar-refractivity contribution >= 4 is 49.6 Å². The van der Waals surface area contributed by atoms with E-state index in [2.05, 4.69) is 325 Å². The number of hydrogen-bond donors (Lipinski definition) is 0. The second-order valence-electron chi connectivity index (χ2n) is 20.7. The minimum atomic E-state index is -0.490. The van der Waals surface area contributed by atoms with E-state index in [9.17, 15) is 0 Å². The van der Waals surface area contributed by atoms with E-state index in [0.29, 0.717) is 0 Å². The van der Waals surface area contributed by atoms with Crippen LogP contribution in [0.3, 0.4) is 0 Å². The normalized spacial score (nSPS) is 12.4. The van der Waals surface area contributed by atoms with Crippen molar-refractivity contribution in [3.8, 4) is 61.3 Å². The Bertz CT molecular complexity index is 4530. The van der Waals surface area contributed by atoms with Crippen LogP contribution >= 0.6 is 0 Å². The van der Waals surface area contributed by atoms with Crippen LogP contribution in [0.4, 0.5) is 17.1 Å². The third-order valence-corrected chi connectivity index (χ3v) is 16.5. The van der Waals surface area contributed by atoms with Crippen molar-refractivity contribution in [2.75, 3.05) is 4.90 Å². The second kappa shape index (κ2) is 19.1. The maximum atomic E-state index is 2.50. The molecule has 1 heterocycles. The average molecular weight is 1010 g/mol. The van der Waals surface area contributed by atoms with Crippen LogP contribution in [-0.2, 0) is 5.41 Å². The summed E-state index contributed by atoms with van der Waals surface area (Å²) >= 11 is 0. The lowest BCUT2D eigenvalue weighted by atomic mass is 9.67. The van der Waals surface area contributed by atoms with E-state index in [1.54, 1.807) is 0 Å². The smallest absolute Gasteiger partial charge is 0.0713 e. The van der Waals surface area contributed by atoms with Gasteiger partial charge < -0.3 is 9.47 Å². The van der Waals surface area contributed by atoms with Crippen LogP contribution in [0.2, 0.25) is 0 Å². The minimum absolute atomic E-state index is 0.490. The molecule has 0 radical (unpaired) electrons. The Morgan fingerprint density at radius 2 is 0.785 bits per heavy atom. The molecule has 2 nitrogen and oxygen atoms in total. The Hall–Kier alpha value is -10.3. The number of nitrogens with zero attached hydrogens (tertiary/aromatic N) is 2. The van der Waals surface area contributed by atoms with Crippen LogP contribution < -0.4 is 4.90 Å². The topological polar surface area (TPSA) is 8.17 Å². The van der Waals surface area contributed by atoms with Crippen molar-refractivity contribution < 1.29 is 0 Å². The highest BCUT2D eigenvalue weighted by Crippen LogP contribution is 2.58. The van der Waals surface area contributed by atoms with E-state index in [-0.39, 0.29) is 0 Å². The largest absolute Gasteiger partial charge is 0.309 e. The van der Waals surface area contributed by atoms with Gasteiger partial charge in [-0.2, -0.15) is 0 Å². The van der Waals surface area contributed by atoms with Crippen LogP contribution in [0, 0.1) is 0 Å². The molecule has 1 aliphatic carbocycles. The fourth-order valence-corrected chi connectivity index (χ4v) is 13.2. The summed E-state index contributed by atoms with van der Waals surface area (Å²) in [6, 6.07) is 116. The molecule has 0 saturated carbocycles. The molecule has 1 aromatic heterocycles. The molecule has 14 aromatic rings. The lowest BCUT2D eigenvalue weighted by Gasteiger charge is -2.34. The highest BCUT2D eigenvalue weighted by Gasteiger charge is 2.46. The molecule has 0 amide bonds. The van der Waals surface area contributed by atoms with Crippen molar-refractivity contribution in [3.63, 3.8) is 0 Å². The fraction of sp³-hybridized carbons (Fsp3) is 0.0130. The van der Waals surface area contributed by atoms with Gasteiger partial charge >= 0.3 is 0 Å². The molecule has 79 heavy (non-hydrogen) atoms. The summed E-state index contributed by atoms with van der Waals surface area (Å²) in [6.45, 7) is 0. The van der Waals surface area contributed by atoms with Gasteiger partial charge in [-0.3, -0.25) is 0 Å². The molecule has 15 rings (SSSR count). The molecule has 0 aliphatic heterocycles. The summed E-state index contributed by atoms with van der Waals surface area (Å²) in [4.78, 5) is 2.50. The first-order valence-corrected chi connectivity index (χ1v) is 27.3. The molecular weight excluding hydrogens is 953 g/mol. The lowest BCUT2D eigenvalue weighted by Crippen LogP contribution is -2.28. The average Bonchev–Trinajstić information content (AvgIpc) is 4.17. The molecule has 370 valence electrons. The summed E-state index contributed by atoms with van der Waals surface area (Å²) in [7, 11) is 0. The maximum absolute atomic E-state index is 2.50. The predicted molar refractivity (Wildman–Crippen MR) is 332 cm³/mol. The molecular formula is C77H52N2. The Labute approximate surface area is 461 Å². The Morgan fingerprint density at radius 3 is 1.51 bits per heavy atom. The predicted octanol–water partition coefficient (Wildman–Crippen LogP) is 20.4. The Morgan fingerprint density at radius 1 is 0.291 bits per heavy atom. The van der Waals surface area contributed by atoms with E-state index in [4.69, 9.17) is 0 Å². The van der Waals surface area contributed by atoms with Crippen molar-refractivity contribution in [1.82, 2.24) is 4.57 Å². The first-order chi connectivity index (χ1) is 39.2. The summed E-state index contributed by atoms with van der Waals surface area (Å²) in [5.41, 5.74) is 23.3. The quantitative estimate of drug-likeness (QED) is 0.133. The molecule has 0 atom stereocenters. The number of para-hydroxylation sites is 4. The van der Waals surface area contributed by atoms with Crippen molar-refractivity contribution in [1.29, 1.82) is 0 Å². The highest BCUT2D eigenvalue weighted by molar-refractivity contribution is 6.12. The molecule has 0 spiro atoms. The SMILES string of the molecule is c1ccc(-c2cccc3cccc(-c4ccccc4N(c4ccc(-c5cccc6c5-c5ccccc5C6(c5ccccc5)c5ccccc5)cc4)c4ccccc4-c4ccc5c(c4)c4ccccc4n5-c4ccccc4)c23)cc1. The van der Waals surface area contributed by atoms with E-state index in [1.807, 2.05) is 0 Å². The summed E-state index contributed by atoms with van der Waals surface area (Å²) < 4.78 is 2.39. The molecule has 0 N–H and O–H groups in total. The minimum Gasteiger partial charge on any atom is -0.309 e. The fourth-order valence-electron chi connectivity index (χ4n) is 13.2. The van der Waals surface area contributed by atoms with Gasteiger partial charge in [0.2, 0.25) is 0 Å². The van der Waals surface area contributed by atoms with Gasteiger partial charge in [-0.1, -0.05) is 261 Å². The van der Waals surface area contributed by atoms with E-state index < -0.39 is 5.41 Å². The lowest BCUT2D eigenvalue weighted by molar-refractivity contribution is 0.768. The summed E-state index contributed by atoms with van der Waals surface area (Å²) in [5.74, 6) is 0. The van der Waals surface area contributed by atoms with Crippen LogP contribution in [0.15, 0.2) is 315 Å². The van der Waals surface area contributed by atoms with Gasteiger partial charge in [0.1, 0.15) is 0 Å². The second-order valence-corrected chi connectivity index (χ2v) is 20.7. The molecule has 0 fully saturated rings. The van der Waals surface area contributed by atoms with Crippen LogP contribution in [0.1, 0.15) is 22.3 Å². The van der Waals surface area contributed by atoms with Gasteiger partial charge in [-0.25, -0.2) is 0 Å². The first kappa shape index (κ1) is 46.1. The number of benzene rings is 13.